The Bertz CT molecular complexity index is 623. The van der Waals surface area contributed by atoms with Crippen LogP contribution in [0.3, 0.4) is 0 Å². The van der Waals surface area contributed by atoms with Crippen LogP contribution >= 0.6 is 0 Å². The van der Waals surface area contributed by atoms with E-state index in [1.54, 1.807) is 4.90 Å². The van der Waals surface area contributed by atoms with Crippen molar-refractivity contribution in [3.8, 4) is 5.75 Å². The molecule has 1 heterocycles. The minimum absolute atomic E-state index is 0.0927. The zero-order valence-corrected chi connectivity index (χ0v) is 14.6. The van der Waals surface area contributed by atoms with Gasteiger partial charge in [-0.3, -0.25) is 4.79 Å². The first-order valence-electron chi connectivity index (χ1n) is 8.38. The van der Waals surface area contributed by atoms with Gasteiger partial charge in [0.1, 0.15) is 5.75 Å². The van der Waals surface area contributed by atoms with Crippen LogP contribution in [-0.4, -0.2) is 34.5 Å². The summed E-state index contributed by atoms with van der Waals surface area (Å²) in [6, 6.07) is 9.48. The number of likely N-dealkylation sites (N-methyl/N-ethyl adjacent to an activating group) is 1. The number of amides is 1. The molecule has 0 atom stereocenters. The van der Waals surface area contributed by atoms with Crippen molar-refractivity contribution in [1.29, 1.82) is 0 Å². The lowest BCUT2D eigenvalue weighted by Gasteiger charge is -2.21. The fraction of sp³-hybridized carbons (Fsp3) is 0.500. The van der Waals surface area contributed by atoms with Crippen LogP contribution in [0.15, 0.2) is 34.9 Å². The van der Waals surface area contributed by atoms with Crippen LogP contribution in [-0.2, 0) is 17.8 Å². The molecule has 0 saturated heterocycles. The normalized spacial score (nSPS) is 10.8. The second kappa shape index (κ2) is 9.05. The molecule has 1 amide bonds. The third-order valence-electron chi connectivity index (χ3n) is 4.00. The van der Waals surface area contributed by atoms with Crippen LogP contribution in [0.25, 0.3) is 0 Å². The van der Waals surface area contributed by atoms with E-state index in [1.165, 1.54) is 0 Å². The molecule has 1 aromatic carbocycles. The maximum Gasteiger partial charge on any atom is 0.264 e. The van der Waals surface area contributed by atoms with Crippen molar-refractivity contribution in [2.24, 2.45) is 5.92 Å². The fourth-order valence-electron chi connectivity index (χ4n) is 2.44. The minimum atomic E-state index is 0.0927. The topological polar surface area (TPSA) is 68.5 Å². The molecule has 0 spiro atoms. The molecule has 6 heteroatoms. The first-order valence-corrected chi connectivity index (χ1v) is 8.38. The Balaban J connectivity index is 1.80. The number of rotatable bonds is 9. The van der Waals surface area contributed by atoms with Crippen LogP contribution in [0, 0.1) is 5.92 Å². The average molecular weight is 331 g/mol. The van der Waals surface area contributed by atoms with E-state index < -0.39 is 0 Å². The quantitative estimate of drug-likeness (QED) is 0.706. The van der Waals surface area contributed by atoms with Crippen LogP contribution in [0.2, 0.25) is 0 Å². The average Bonchev–Trinajstić information content (AvgIpc) is 3.07. The molecule has 0 saturated carbocycles. The van der Waals surface area contributed by atoms with E-state index in [-0.39, 0.29) is 18.4 Å². The number of para-hydroxylation sites is 1. The van der Waals surface area contributed by atoms with Gasteiger partial charge >= 0.3 is 0 Å². The summed E-state index contributed by atoms with van der Waals surface area (Å²) >= 11 is 0. The summed E-state index contributed by atoms with van der Waals surface area (Å²) in [5, 5.41) is 3.94. The van der Waals surface area contributed by atoms with Gasteiger partial charge in [0.05, 0.1) is 0 Å². The molecular formula is C18H25N3O3. The largest absolute Gasteiger partial charge is 0.484 e. The smallest absolute Gasteiger partial charge is 0.264 e. The zero-order chi connectivity index (χ0) is 17.4. The number of aromatic nitrogens is 2. The standard InChI is InChI=1S/C18H25N3O3/c1-4-14(5-2)18(22)21(3)12-11-16-19-17(24-20-16)13-23-15-9-7-6-8-10-15/h6-10,14H,4-5,11-13H2,1-3H3. The van der Waals surface area contributed by atoms with Gasteiger partial charge in [-0.1, -0.05) is 37.2 Å². The van der Waals surface area contributed by atoms with Crippen LogP contribution < -0.4 is 4.74 Å². The van der Waals surface area contributed by atoms with Crippen LogP contribution in [0.5, 0.6) is 5.75 Å². The summed E-state index contributed by atoms with van der Waals surface area (Å²) in [6.45, 7) is 4.89. The van der Waals surface area contributed by atoms with Crippen molar-refractivity contribution in [3.05, 3.63) is 42.0 Å². The second-order valence-corrected chi connectivity index (χ2v) is 5.73. The van der Waals surface area contributed by atoms with E-state index in [0.717, 1.165) is 18.6 Å². The lowest BCUT2D eigenvalue weighted by molar-refractivity contribution is -0.134. The highest BCUT2D eigenvalue weighted by atomic mass is 16.5. The summed E-state index contributed by atoms with van der Waals surface area (Å²) < 4.78 is 10.7. The van der Waals surface area contributed by atoms with Gasteiger partial charge in [0.15, 0.2) is 12.4 Å². The molecule has 6 nitrogen and oxygen atoms in total. The van der Waals surface area contributed by atoms with Gasteiger partial charge in [-0.05, 0) is 25.0 Å². The monoisotopic (exact) mass is 331 g/mol. The lowest BCUT2D eigenvalue weighted by Crippen LogP contribution is -2.34. The Morgan fingerprint density at radius 2 is 1.96 bits per heavy atom. The van der Waals surface area contributed by atoms with Crippen molar-refractivity contribution in [2.45, 2.75) is 39.7 Å². The Labute approximate surface area is 142 Å². The van der Waals surface area contributed by atoms with Crippen molar-refractivity contribution >= 4 is 5.91 Å². The molecule has 0 bridgehead atoms. The lowest BCUT2D eigenvalue weighted by atomic mass is 10.0. The Kier molecular flexibility index (Phi) is 6.78. The van der Waals surface area contributed by atoms with E-state index in [9.17, 15) is 4.79 Å². The summed E-state index contributed by atoms with van der Waals surface area (Å²) in [4.78, 5) is 18.3. The van der Waals surface area contributed by atoms with Gasteiger partial charge in [0.2, 0.25) is 5.91 Å². The Morgan fingerprint density at radius 1 is 1.25 bits per heavy atom. The fourth-order valence-corrected chi connectivity index (χ4v) is 2.44. The van der Waals surface area contributed by atoms with E-state index in [1.807, 2.05) is 51.2 Å². The van der Waals surface area contributed by atoms with E-state index in [4.69, 9.17) is 9.26 Å². The number of carbonyl (C=O) groups is 1. The number of benzene rings is 1. The Morgan fingerprint density at radius 3 is 2.62 bits per heavy atom. The highest BCUT2D eigenvalue weighted by Gasteiger charge is 2.19. The molecule has 24 heavy (non-hydrogen) atoms. The number of nitrogens with zero attached hydrogens (tertiary/aromatic N) is 3. The first kappa shape index (κ1) is 18.0. The van der Waals surface area contributed by atoms with Gasteiger partial charge in [-0.25, -0.2) is 0 Å². The summed E-state index contributed by atoms with van der Waals surface area (Å²) in [6.07, 6.45) is 2.29. The number of hydrogen-bond acceptors (Lipinski definition) is 5. The molecule has 130 valence electrons. The number of carbonyl (C=O) groups excluding carboxylic acids is 1. The molecule has 0 aliphatic carbocycles. The molecular weight excluding hydrogens is 306 g/mol. The number of hydrogen-bond donors (Lipinski definition) is 0. The third-order valence-corrected chi connectivity index (χ3v) is 4.00. The SMILES string of the molecule is CCC(CC)C(=O)N(C)CCc1noc(COc2ccccc2)n1. The molecule has 2 rings (SSSR count). The van der Waals surface area contributed by atoms with Crippen molar-refractivity contribution in [2.75, 3.05) is 13.6 Å². The van der Waals surface area contributed by atoms with Crippen molar-refractivity contribution in [3.63, 3.8) is 0 Å². The Hall–Kier alpha value is -2.37. The minimum Gasteiger partial charge on any atom is -0.484 e. The van der Waals surface area contributed by atoms with Crippen molar-refractivity contribution in [1.82, 2.24) is 15.0 Å². The molecule has 1 aromatic heterocycles. The van der Waals surface area contributed by atoms with Gasteiger partial charge in [0.25, 0.3) is 5.89 Å². The van der Waals surface area contributed by atoms with Gasteiger partial charge in [-0.15, -0.1) is 0 Å². The highest BCUT2D eigenvalue weighted by Crippen LogP contribution is 2.12. The van der Waals surface area contributed by atoms with E-state index >= 15 is 0 Å². The zero-order valence-electron chi connectivity index (χ0n) is 14.6. The maximum atomic E-state index is 12.2. The molecule has 0 unspecified atom stereocenters. The van der Waals surface area contributed by atoms with Gasteiger partial charge in [-0.2, -0.15) is 4.98 Å². The molecule has 0 radical (unpaired) electrons. The van der Waals surface area contributed by atoms with E-state index in [0.29, 0.717) is 24.7 Å². The summed E-state index contributed by atoms with van der Waals surface area (Å²) in [5.74, 6) is 2.05. The van der Waals surface area contributed by atoms with Gasteiger partial charge in [0, 0.05) is 25.9 Å². The molecule has 0 fully saturated rings. The third kappa shape index (κ3) is 5.08. The predicted molar refractivity (Wildman–Crippen MR) is 90.5 cm³/mol. The second-order valence-electron chi connectivity index (χ2n) is 5.73. The van der Waals surface area contributed by atoms with Crippen LogP contribution in [0.4, 0.5) is 0 Å². The number of ether oxygens (including phenoxy) is 1. The van der Waals surface area contributed by atoms with Gasteiger partial charge < -0.3 is 14.2 Å². The van der Waals surface area contributed by atoms with Crippen LogP contribution in [0.1, 0.15) is 38.4 Å². The highest BCUT2D eigenvalue weighted by molar-refractivity contribution is 5.78. The molecule has 0 N–H and O–H groups in total. The molecule has 2 aromatic rings. The maximum absolute atomic E-state index is 12.2. The van der Waals surface area contributed by atoms with E-state index in [2.05, 4.69) is 10.1 Å². The molecule has 0 aliphatic rings. The van der Waals surface area contributed by atoms with Crippen molar-refractivity contribution < 1.29 is 14.1 Å². The molecule has 0 aliphatic heterocycles. The summed E-state index contributed by atoms with van der Waals surface area (Å²) in [5.41, 5.74) is 0. The summed E-state index contributed by atoms with van der Waals surface area (Å²) in [7, 11) is 1.82. The predicted octanol–water partition coefficient (Wildman–Crippen LogP) is 3.09. The first-order chi connectivity index (χ1) is 11.6.